The third kappa shape index (κ3) is 3.19. The minimum atomic E-state index is -4.94. The Hall–Kier alpha value is -1.57. The van der Waals surface area contributed by atoms with E-state index in [0.717, 1.165) is 13.1 Å². The van der Waals surface area contributed by atoms with Crippen LogP contribution in [0.2, 0.25) is 0 Å². The summed E-state index contributed by atoms with van der Waals surface area (Å²) in [4.78, 5) is 13.0. The van der Waals surface area contributed by atoms with Gasteiger partial charge in [-0.3, -0.25) is 0 Å². The molecule has 17 heavy (non-hydrogen) atoms. The van der Waals surface area contributed by atoms with Gasteiger partial charge in [-0.15, -0.1) is 24.8 Å². The van der Waals surface area contributed by atoms with Gasteiger partial charge in [-0.25, -0.2) is 0 Å². The number of hydrogen-bond acceptors (Lipinski definition) is 4. The molecular formula is C8H6ClF3N2O3. The molecule has 94 valence electrons. The van der Waals surface area contributed by atoms with Gasteiger partial charge in [-0.2, -0.15) is 0 Å². The first-order valence-corrected chi connectivity index (χ1v) is 4.74. The molecule has 1 aromatic heterocycles. The lowest BCUT2D eigenvalue weighted by molar-refractivity contribution is -0.390. The fourth-order valence-electron chi connectivity index (χ4n) is 1.17. The molecule has 0 bridgehead atoms. The fourth-order valence-corrected chi connectivity index (χ4v) is 1.36. The van der Waals surface area contributed by atoms with Crippen molar-refractivity contribution in [1.82, 2.24) is 4.98 Å². The van der Waals surface area contributed by atoms with Crippen LogP contribution in [0.5, 0.6) is 5.75 Å². The van der Waals surface area contributed by atoms with Gasteiger partial charge >= 0.3 is 12.2 Å². The Morgan fingerprint density at radius 1 is 1.59 bits per heavy atom. The Morgan fingerprint density at radius 3 is 2.59 bits per heavy atom. The zero-order valence-electron chi connectivity index (χ0n) is 8.42. The van der Waals surface area contributed by atoms with E-state index in [2.05, 4.69) is 9.72 Å². The van der Waals surface area contributed by atoms with Crippen molar-refractivity contribution in [2.24, 2.45) is 0 Å². The van der Waals surface area contributed by atoms with Crippen molar-refractivity contribution in [3.8, 4) is 5.75 Å². The van der Waals surface area contributed by atoms with Gasteiger partial charge in [0.25, 0.3) is 0 Å². The first kappa shape index (κ1) is 13.5. The Balaban J connectivity index is 3.32. The van der Waals surface area contributed by atoms with E-state index in [-0.39, 0.29) is 17.0 Å². The minimum absolute atomic E-state index is 0.0629. The Kier molecular flexibility index (Phi) is 3.76. The van der Waals surface area contributed by atoms with Gasteiger partial charge in [0.1, 0.15) is 11.9 Å². The average molecular weight is 271 g/mol. The summed E-state index contributed by atoms with van der Waals surface area (Å²) in [6, 6.07) is 0. The second-order valence-electron chi connectivity index (χ2n) is 3.00. The van der Waals surface area contributed by atoms with Crippen LogP contribution in [0.1, 0.15) is 11.1 Å². The van der Waals surface area contributed by atoms with Gasteiger partial charge in [0.2, 0.25) is 0 Å². The summed E-state index contributed by atoms with van der Waals surface area (Å²) in [5, 5.41) is 10.5. The van der Waals surface area contributed by atoms with Crippen molar-refractivity contribution in [3.63, 3.8) is 0 Å². The summed E-state index contributed by atoms with van der Waals surface area (Å²) in [6.45, 7) is 1.11. The Bertz CT molecular complexity index is 450. The van der Waals surface area contributed by atoms with E-state index in [4.69, 9.17) is 11.6 Å². The number of hydrogen-bond donors (Lipinski definition) is 0. The maximum atomic E-state index is 12.1. The molecule has 0 aliphatic carbocycles. The van der Waals surface area contributed by atoms with Gasteiger partial charge in [-0.05, 0) is 16.8 Å². The van der Waals surface area contributed by atoms with E-state index >= 15 is 0 Å². The van der Waals surface area contributed by atoms with Crippen molar-refractivity contribution in [1.29, 1.82) is 0 Å². The van der Waals surface area contributed by atoms with Crippen LogP contribution in [-0.4, -0.2) is 16.3 Å². The van der Waals surface area contributed by atoms with Gasteiger partial charge in [0, 0.05) is 0 Å². The van der Waals surface area contributed by atoms with Crippen molar-refractivity contribution >= 4 is 17.4 Å². The topological polar surface area (TPSA) is 65.3 Å². The molecule has 0 aliphatic heterocycles. The second-order valence-corrected chi connectivity index (χ2v) is 3.27. The zero-order chi connectivity index (χ0) is 13.2. The van der Waals surface area contributed by atoms with Crippen LogP contribution in [0.15, 0.2) is 6.20 Å². The zero-order valence-corrected chi connectivity index (χ0v) is 9.17. The minimum Gasteiger partial charge on any atom is -0.405 e. The molecule has 0 saturated heterocycles. The van der Waals surface area contributed by atoms with Crippen molar-refractivity contribution in [2.45, 2.75) is 19.2 Å². The highest BCUT2D eigenvalue weighted by atomic mass is 35.5. The molecule has 0 N–H and O–H groups in total. The predicted molar refractivity (Wildman–Crippen MR) is 51.9 cm³/mol. The molecule has 0 unspecified atom stereocenters. The van der Waals surface area contributed by atoms with Crippen LogP contribution >= 0.6 is 11.6 Å². The van der Waals surface area contributed by atoms with Crippen molar-refractivity contribution in [2.75, 3.05) is 0 Å². The number of aromatic nitrogens is 1. The van der Waals surface area contributed by atoms with Crippen molar-refractivity contribution in [3.05, 3.63) is 27.4 Å². The predicted octanol–water partition coefficient (Wildman–Crippen LogP) is 2.94. The van der Waals surface area contributed by atoms with Gasteiger partial charge in [0.05, 0.1) is 17.0 Å². The highest BCUT2D eigenvalue weighted by molar-refractivity contribution is 6.17. The molecule has 0 aromatic carbocycles. The summed E-state index contributed by atoms with van der Waals surface area (Å²) in [6.07, 6.45) is -4.06. The average Bonchev–Trinajstić information content (AvgIpc) is 2.18. The molecule has 0 saturated carbocycles. The number of nitrogens with zero attached hydrogens (tertiary/aromatic N) is 2. The SMILES string of the molecule is Cc1c([N+](=O)[O-])ncc(CCl)c1OC(F)(F)F. The lowest BCUT2D eigenvalue weighted by atomic mass is 10.2. The molecule has 1 aromatic rings. The molecule has 0 spiro atoms. The quantitative estimate of drug-likeness (QED) is 0.481. The van der Waals surface area contributed by atoms with E-state index in [1.165, 1.54) is 0 Å². The molecule has 0 radical (unpaired) electrons. The number of ether oxygens (including phenoxy) is 1. The summed E-state index contributed by atoms with van der Waals surface area (Å²) in [7, 11) is 0. The normalized spacial score (nSPS) is 11.4. The molecule has 0 atom stereocenters. The Labute approximate surface area is 98.3 Å². The lowest BCUT2D eigenvalue weighted by Gasteiger charge is -2.13. The van der Waals surface area contributed by atoms with Crippen LogP contribution in [0.4, 0.5) is 19.0 Å². The number of alkyl halides is 4. The molecule has 0 aliphatic rings. The van der Waals surface area contributed by atoms with Crippen LogP contribution < -0.4 is 4.74 Å². The largest absolute Gasteiger partial charge is 0.573 e. The maximum absolute atomic E-state index is 12.1. The molecule has 5 nitrogen and oxygen atoms in total. The van der Waals surface area contributed by atoms with Crippen molar-refractivity contribution < 1.29 is 22.8 Å². The lowest BCUT2D eigenvalue weighted by Crippen LogP contribution is -2.19. The van der Waals surface area contributed by atoms with Crippen LogP contribution in [-0.2, 0) is 5.88 Å². The maximum Gasteiger partial charge on any atom is 0.573 e. The highest BCUT2D eigenvalue weighted by Gasteiger charge is 2.35. The van der Waals surface area contributed by atoms with Crippen LogP contribution in [0, 0.1) is 17.0 Å². The van der Waals surface area contributed by atoms with E-state index in [1.54, 1.807) is 0 Å². The monoisotopic (exact) mass is 270 g/mol. The number of rotatable bonds is 3. The summed E-state index contributed by atoms with van der Waals surface area (Å²) < 4.78 is 40.1. The highest BCUT2D eigenvalue weighted by Crippen LogP contribution is 2.34. The first-order valence-electron chi connectivity index (χ1n) is 4.21. The third-order valence-electron chi connectivity index (χ3n) is 1.85. The first-order chi connectivity index (χ1) is 7.76. The van der Waals surface area contributed by atoms with Gasteiger partial charge < -0.3 is 14.9 Å². The molecule has 0 fully saturated rings. The van der Waals surface area contributed by atoms with E-state index in [9.17, 15) is 23.3 Å². The summed E-state index contributed by atoms with van der Waals surface area (Å²) in [5.41, 5.74) is -0.377. The fraction of sp³-hybridized carbons (Fsp3) is 0.375. The molecular weight excluding hydrogens is 265 g/mol. The van der Waals surface area contributed by atoms with E-state index in [1.807, 2.05) is 0 Å². The van der Waals surface area contributed by atoms with Crippen LogP contribution in [0.25, 0.3) is 0 Å². The number of halogens is 4. The number of nitro groups is 1. The molecule has 1 heterocycles. The van der Waals surface area contributed by atoms with Gasteiger partial charge in [-0.1, -0.05) is 0 Å². The van der Waals surface area contributed by atoms with E-state index in [0.29, 0.717) is 0 Å². The molecule has 1 rings (SSSR count). The summed E-state index contributed by atoms with van der Waals surface area (Å²) in [5.74, 6) is -1.66. The number of pyridine rings is 1. The third-order valence-corrected chi connectivity index (χ3v) is 2.13. The van der Waals surface area contributed by atoms with E-state index < -0.39 is 22.9 Å². The molecule has 0 amide bonds. The second kappa shape index (κ2) is 4.74. The smallest absolute Gasteiger partial charge is 0.405 e. The Morgan fingerprint density at radius 2 is 2.18 bits per heavy atom. The molecule has 9 heteroatoms. The standard InChI is InChI=1S/C8H6ClF3N2O3/c1-4-6(17-8(10,11)12)5(2-9)3-13-7(4)14(15)16/h3H,2H2,1H3. The summed E-state index contributed by atoms with van der Waals surface area (Å²) >= 11 is 5.41. The van der Waals surface area contributed by atoms with Gasteiger partial charge in [0.15, 0.2) is 0 Å². The van der Waals surface area contributed by atoms with Crippen LogP contribution in [0.3, 0.4) is 0 Å².